The molecule has 0 saturated heterocycles. The SMILES string of the molecule is Cc1cc(C)c(C)c(CN(C)CCC(C)N)c1C. The van der Waals surface area contributed by atoms with Gasteiger partial charge in [-0.05, 0) is 82.4 Å². The van der Waals surface area contributed by atoms with Crippen molar-refractivity contribution >= 4 is 0 Å². The Morgan fingerprint density at radius 3 is 2.06 bits per heavy atom. The Labute approximate surface area is 112 Å². The van der Waals surface area contributed by atoms with Crippen LogP contribution in [0.25, 0.3) is 0 Å². The molecule has 0 bridgehead atoms. The van der Waals surface area contributed by atoms with Gasteiger partial charge in [-0.3, -0.25) is 0 Å². The number of rotatable bonds is 5. The van der Waals surface area contributed by atoms with Crippen molar-refractivity contribution in [1.82, 2.24) is 4.90 Å². The minimum Gasteiger partial charge on any atom is -0.328 e. The van der Waals surface area contributed by atoms with Crippen molar-refractivity contribution in [3.63, 3.8) is 0 Å². The van der Waals surface area contributed by atoms with Gasteiger partial charge < -0.3 is 10.6 Å². The van der Waals surface area contributed by atoms with Gasteiger partial charge in [-0.2, -0.15) is 0 Å². The third-order valence-corrected chi connectivity index (χ3v) is 3.92. The standard InChI is InChI=1S/C16H28N2/c1-11-9-12(2)15(5)16(14(11)4)10-18(6)8-7-13(3)17/h9,13H,7-8,10,17H2,1-6H3. The summed E-state index contributed by atoms with van der Waals surface area (Å²) in [4.78, 5) is 2.37. The van der Waals surface area contributed by atoms with Gasteiger partial charge in [-0.15, -0.1) is 0 Å². The van der Waals surface area contributed by atoms with E-state index in [1.165, 1.54) is 27.8 Å². The fourth-order valence-corrected chi connectivity index (χ4v) is 2.31. The molecule has 0 aliphatic rings. The predicted octanol–water partition coefficient (Wildman–Crippen LogP) is 3.09. The van der Waals surface area contributed by atoms with E-state index in [1.54, 1.807) is 0 Å². The average molecular weight is 248 g/mol. The first-order chi connectivity index (χ1) is 8.32. The van der Waals surface area contributed by atoms with Crippen LogP contribution in [0.2, 0.25) is 0 Å². The van der Waals surface area contributed by atoms with E-state index in [1.807, 2.05) is 0 Å². The summed E-state index contributed by atoms with van der Waals surface area (Å²) >= 11 is 0. The van der Waals surface area contributed by atoms with Crippen molar-refractivity contribution in [2.45, 2.75) is 53.6 Å². The first-order valence-corrected chi connectivity index (χ1v) is 6.83. The number of nitrogens with zero attached hydrogens (tertiary/aromatic N) is 1. The molecule has 2 N–H and O–H groups in total. The smallest absolute Gasteiger partial charge is 0.0236 e. The normalized spacial score (nSPS) is 13.1. The fraction of sp³-hybridized carbons (Fsp3) is 0.625. The van der Waals surface area contributed by atoms with E-state index in [-0.39, 0.29) is 6.04 Å². The summed E-state index contributed by atoms with van der Waals surface area (Å²) < 4.78 is 0. The lowest BCUT2D eigenvalue weighted by atomic mass is 9.94. The van der Waals surface area contributed by atoms with Crippen molar-refractivity contribution in [2.75, 3.05) is 13.6 Å². The molecule has 0 spiro atoms. The second-order valence-corrected chi connectivity index (χ2v) is 5.74. The Bertz CT molecular complexity index is 382. The molecule has 1 unspecified atom stereocenters. The minimum absolute atomic E-state index is 0.286. The summed E-state index contributed by atoms with van der Waals surface area (Å²) in [5.41, 5.74) is 13.0. The van der Waals surface area contributed by atoms with Gasteiger partial charge in [-0.25, -0.2) is 0 Å². The van der Waals surface area contributed by atoms with Crippen LogP contribution in [0.4, 0.5) is 0 Å². The highest BCUT2D eigenvalue weighted by atomic mass is 15.1. The Kier molecular flexibility index (Phi) is 5.36. The summed E-state index contributed by atoms with van der Waals surface area (Å²) in [6.07, 6.45) is 1.05. The van der Waals surface area contributed by atoms with Crippen LogP contribution < -0.4 is 5.73 Å². The highest BCUT2D eigenvalue weighted by Gasteiger charge is 2.10. The van der Waals surface area contributed by atoms with E-state index in [0.29, 0.717) is 0 Å². The highest BCUT2D eigenvalue weighted by Crippen LogP contribution is 2.22. The second kappa shape index (κ2) is 6.35. The van der Waals surface area contributed by atoms with Crippen molar-refractivity contribution in [3.8, 4) is 0 Å². The number of nitrogens with two attached hydrogens (primary N) is 1. The first kappa shape index (κ1) is 15.2. The summed E-state index contributed by atoms with van der Waals surface area (Å²) in [5.74, 6) is 0. The molecule has 0 fully saturated rings. The largest absolute Gasteiger partial charge is 0.328 e. The molecule has 1 aromatic carbocycles. The van der Waals surface area contributed by atoms with Crippen LogP contribution in [0, 0.1) is 27.7 Å². The van der Waals surface area contributed by atoms with Crippen LogP contribution in [0.15, 0.2) is 6.07 Å². The third-order valence-electron chi connectivity index (χ3n) is 3.92. The molecular formula is C16H28N2. The maximum absolute atomic E-state index is 5.82. The molecule has 1 aromatic rings. The van der Waals surface area contributed by atoms with E-state index in [4.69, 9.17) is 5.73 Å². The molecule has 18 heavy (non-hydrogen) atoms. The van der Waals surface area contributed by atoms with E-state index in [9.17, 15) is 0 Å². The van der Waals surface area contributed by atoms with Gasteiger partial charge in [0.15, 0.2) is 0 Å². The molecule has 0 heterocycles. The third kappa shape index (κ3) is 3.82. The molecule has 0 saturated carbocycles. The Balaban J connectivity index is 2.84. The molecule has 102 valence electrons. The monoisotopic (exact) mass is 248 g/mol. The van der Waals surface area contributed by atoms with Crippen LogP contribution in [-0.2, 0) is 6.54 Å². The topological polar surface area (TPSA) is 29.3 Å². The zero-order chi connectivity index (χ0) is 13.9. The highest BCUT2D eigenvalue weighted by molar-refractivity contribution is 5.43. The van der Waals surface area contributed by atoms with E-state index >= 15 is 0 Å². The summed E-state index contributed by atoms with van der Waals surface area (Å²) in [7, 11) is 2.18. The molecule has 0 amide bonds. The maximum Gasteiger partial charge on any atom is 0.0236 e. The Morgan fingerprint density at radius 2 is 1.61 bits per heavy atom. The molecule has 0 aliphatic carbocycles. The van der Waals surface area contributed by atoms with E-state index < -0.39 is 0 Å². The van der Waals surface area contributed by atoms with E-state index in [0.717, 1.165) is 19.5 Å². The van der Waals surface area contributed by atoms with Gasteiger partial charge >= 0.3 is 0 Å². The van der Waals surface area contributed by atoms with Gasteiger partial charge in [0.1, 0.15) is 0 Å². The van der Waals surface area contributed by atoms with Gasteiger partial charge in [0.25, 0.3) is 0 Å². The van der Waals surface area contributed by atoms with Crippen LogP contribution in [0.5, 0.6) is 0 Å². The lowest BCUT2D eigenvalue weighted by Crippen LogP contribution is -2.26. The number of benzene rings is 1. The van der Waals surface area contributed by atoms with Gasteiger partial charge in [0.05, 0.1) is 0 Å². The molecule has 2 nitrogen and oxygen atoms in total. The van der Waals surface area contributed by atoms with Crippen molar-refractivity contribution in [3.05, 3.63) is 33.9 Å². The Hall–Kier alpha value is -0.860. The molecule has 0 radical (unpaired) electrons. The lowest BCUT2D eigenvalue weighted by molar-refractivity contribution is 0.312. The molecule has 1 rings (SSSR count). The second-order valence-electron chi connectivity index (χ2n) is 5.74. The minimum atomic E-state index is 0.286. The van der Waals surface area contributed by atoms with Crippen LogP contribution in [0.1, 0.15) is 41.2 Å². The van der Waals surface area contributed by atoms with Crippen LogP contribution in [-0.4, -0.2) is 24.5 Å². The van der Waals surface area contributed by atoms with Crippen molar-refractivity contribution in [1.29, 1.82) is 0 Å². The zero-order valence-electron chi connectivity index (χ0n) is 12.8. The first-order valence-electron chi connectivity index (χ1n) is 6.83. The number of aryl methyl sites for hydroxylation is 2. The number of hydrogen-bond acceptors (Lipinski definition) is 2. The maximum atomic E-state index is 5.82. The Morgan fingerprint density at radius 1 is 1.11 bits per heavy atom. The molecular weight excluding hydrogens is 220 g/mol. The van der Waals surface area contributed by atoms with Gasteiger partial charge in [-0.1, -0.05) is 6.07 Å². The molecule has 0 aliphatic heterocycles. The fourth-order valence-electron chi connectivity index (χ4n) is 2.31. The van der Waals surface area contributed by atoms with Crippen LogP contribution >= 0.6 is 0 Å². The summed E-state index contributed by atoms with van der Waals surface area (Å²) in [6.45, 7) is 13.0. The van der Waals surface area contributed by atoms with Gasteiger partial charge in [0.2, 0.25) is 0 Å². The van der Waals surface area contributed by atoms with Crippen LogP contribution in [0.3, 0.4) is 0 Å². The van der Waals surface area contributed by atoms with Gasteiger partial charge in [0, 0.05) is 12.6 Å². The molecule has 2 heteroatoms. The number of hydrogen-bond donors (Lipinski definition) is 1. The summed E-state index contributed by atoms with van der Waals surface area (Å²) in [5, 5.41) is 0. The zero-order valence-corrected chi connectivity index (χ0v) is 12.8. The van der Waals surface area contributed by atoms with Crippen molar-refractivity contribution < 1.29 is 0 Å². The summed E-state index contributed by atoms with van der Waals surface area (Å²) in [6, 6.07) is 2.57. The lowest BCUT2D eigenvalue weighted by Gasteiger charge is -2.22. The average Bonchev–Trinajstić information content (AvgIpc) is 2.29. The predicted molar refractivity (Wildman–Crippen MR) is 80.0 cm³/mol. The molecule has 1 atom stereocenters. The molecule has 0 aromatic heterocycles. The quantitative estimate of drug-likeness (QED) is 0.867. The van der Waals surface area contributed by atoms with Crippen molar-refractivity contribution in [2.24, 2.45) is 5.73 Å². The van der Waals surface area contributed by atoms with E-state index in [2.05, 4.69) is 52.6 Å².